The van der Waals surface area contributed by atoms with E-state index in [9.17, 15) is 35.9 Å². The highest BCUT2D eigenvalue weighted by atomic mass is 19.4. The van der Waals surface area contributed by atoms with Crippen molar-refractivity contribution in [2.75, 3.05) is 0 Å². The van der Waals surface area contributed by atoms with Crippen LogP contribution in [0.2, 0.25) is 0 Å². The smallest absolute Gasteiger partial charge is 0.416 e. The minimum absolute atomic E-state index is 0.133. The summed E-state index contributed by atoms with van der Waals surface area (Å²) in [7, 11) is 0. The second-order valence-electron chi connectivity index (χ2n) is 9.05. The molecule has 5 rings (SSSR count). The molecule has 1 aliphatic carbocycles. The Hall–Kier alpha value is -3.62. The number of alkyl halides is 6. The average Bonchev–Trinajstić information content (AvgIpc) is 3.11. The second kappa shape index (κ2) is 8.21. The first-order valence-electron chi connectivity index (χ1n) is 11.1. The van der Waals surface area contributed by atoms with Crippen LogP contribution in [0, 0.1) is 0 Å². The maximum atomic E-state index is 13.6. The van der Waals surface area contributed by atoms with E-state index in [1.807, 2.05) is 0 Å². The molecule has 0 bridgehead atoms. The van der Waals surface area contributed by atoms with Gasteiger partial charge in [0.15, 0.2) is 0 Å². The lowest BCUT2D eigenvalue weighted by atomic mass is 9.54. The second-order valence-corrected chi connectivity index (χ2v) is 9.05. The van der Waals surface area contributed by atoms with Crippen molar-refractivity contribution in [2.45, 2.75) is 42.4 Å². The van der Waals surface area contributed by atoms with Crippen molar-refractivity contribution in [1.29, 1.82) is 0 Å². The van der Waals surface area contributed by atoms with Crippen LogP contribution in [-0.4, -0.2) is 11.8 Å². The molecule has 3 aromatic carbocycles. The van der Waals surface area contributed by atoms with Crippen molar-refractivity contribution < 1.29 is 40.7 Å². The van der Waals surface area contributed by atoms with Crippen LogP contribution < -0.4 is 4.74 Å². The third-order valence-corrected chi connectivity index (χ3v) is 7.12. The van der Waals surface area contributed by atoms with Crippen LogP contribution in [0.25, 0.3) is 0 Å². The maximum absolute atomic E-state index is 13.6. The van der Waals surface area contributed by atoms with Gasteiger partial charge in [-0.3, -0.25) is 9.59 Å². The van der Waals surface area contributed by atoms with Crippen molar-refractivity contribution in [3.05, 3.63) is 101 Å². The molecule has 0 amide bonds. The minimum Gasteiger partial charge on any atom is -0.426 e. The van der Waals surface area contributed by atoms with E-state index in [1.165, 1.54) is 24.3 Å². The average molecular weight is 504 g/mol. The first-order chi connectivity index (χ1) is 16.9. The Balaban J connectivity index is 1.70. The maximum Gasteiger partial charge on any atom is 0.416 e. The highest BCUT2D eigenvalue weighted by Gasteiger charge is 2.62. The molecule has 1 heterocycles. The molecule has 1 aliphatic heterocycles. The SMILES string of the molecule is O=C1C[C@H](c2ccc(C(F)(F)F)cc2)C2(C(=O)Oc3ccccc32)[C@@H](c2ccc(C(F)(F)F)cc2)C1. The highest BCUT2D eigenvalue weighted by molar-refractivity contribution is 5.97. The third-order valence-electron chi connectivity index (χ3n) is 7.12. The van der Waals surface area contributed by atoms with Crippen molar-refractivity contribution in [2.24, 2.45) is 0 Å². The molecule has 2 aliphatic rings. The summed E-state index contributed by atoms with van der Waals surface area (Å²) < 4.78 is 84.6. The Morgan fingerprint density at radius 2 is 1.11 bits per heavy atom. The first kappa shape index (κ1) is 24.1. The normalized spacial score (nSPS) is 21.4. The number of rotatable bonds is 2. The number of hydrogen-bond acceptors (Lipinski definition) is 3. The van der Waals surface area contributed by atoms with Crippen LogP contribution >= 0.6 is 0 Å². The molecule has 0 saturated heterocycles. The Morgan fingerprint density at radius 3 is 1.56 bits per heavy atom. The van der Waals surface area contributed by atoms with E-state index in [4.69, 9.17) is 4.74 Å². The Bertz CT molecular complexity index is 1250. The number of carbonyl (C=O) groups excluding carboxylic acids is 2. The number of hydrogen-bond donors (Lipinski definition) is 0. The lowest BCUT2D eigenvalue weighted by Crippen LogP contribution is -2.49. The summed E-state index contributed by atoms with van der Waals surface area (Å²) in [5, 5.41) is 0. The molecule has 0 N–H and O–H groups in total. The van der Waals surface area contributed by atoms with Crippen LogP contribution in [0.3, 0.4) is 0 Å². The molecule has 36 heavy (non-hydrogen) atoms. The number of halogens is 6. The number of ether oxygens (including phenoxy) is 1. The van der Waals surface area contributed by atoms with E-state index in [0.717, 1.165) is 24.3 Å². The van der Waals surface area contributed by atoms with E-state index < -0.39 is 46.7 Å². The van der Waals surface area contributed by atoms with Crippen molar-refractivity contribution in [3.63, 3.8) is 0 Å². The molecule has 0 aromatic heterocycles. The molecule has 3 nitrogen and oxygen atoms in total. The number of para-hydroxylation sites is 1. The Kier molecular flexibility index (Phi) is 5.50. The van der Waals surface area contributed by atoms with Gasteiger partial charge in [-0.15, -0.1) is 0 Å². The standard InChI is InChI=1S/C27H18F6O3/c28-26(29,30)17-9-5-15(6-10-17)21-13-19(34)14-22(16-7-11-18(12-8-16)27(31,32)33)25(21)20-3-1-2-4-23(20)36-24(25)35/h1-12,21-22H,13-14H2/t21-,22-/m1/s1. The summed E-state index contributed by atoms with van der Waals surface area (Å²) in [4.78, 5) is 26.6. The van der Waals surface area contributed by atoms with E-state index in [2.05, 4.69) is 0 Å². The first-order valence-corrected chi connectivity index (χ1v) is 11.1. The zero-order chi connectivity index (χ0) is 25.9. The van der Waals surface area contributed by atoms with Gasteiger partial charge in [0.05, 0.1) is 11.1 Å². The lowest BCUT2D eigenvalue weighted by molar-refractivity contribution is -0.143. The fourth-order valence-corrected chi connectivity index (χ4v) is 5.53. The molecule has 2 atom stereocenters. The fraction of sp³-hybridized carbons (Fsp3) is 0.259. The zero-order valence-electron chi connectivity index (χ0n) is 18.5. The Labute approximate surface area is 201 Å². The van der Waals surface area contributed by atoms with Gasteiger partial charge in [0, 0.05) is 30.2 Å². The Morgan fingerprint density at radius 1 is 0.667 bits per heavy atom. The summed E-state index contributed by atoms with van der Waals surface area (Å²) in [6.07, 6.45) is -9.40. The van der Waals surface area contributed by atoms with Crippen LogP contribution in [-0.2, 0) is 27.4 Å². The largest absolute Gasteiger partial charge is 0.426 e. The predicted octanol–water partition coefficient (Wildman–Crippen LogP) is 6.81. The van der Waals surface area contributed by atoms with E-state index in [1.54, 1.807) is 24.3 Å². The van der Waals surface area contributed by atoms with Gasteiger partial charge in [-0.25, -0.2) is 0 Å². The van der Waals surface area contributed by atoms with Crippen LogP contribution in [0.1, 0.15) is 52.5 Å². The number of fused-ring (bicyclic) bond motifs is 2. The van der Waals surface area contributed by atoms with E-state index in [0.29, 0.717) is 16.7 Å². The van der Waals surface area contributed by atoms with Gasteiger partial charge in [0.1, 0.15) is 16.9 Å². The monoisotopic (exact) mass is 504 g/mol. The van der Waals surface area contributed by atoms with Gasteiger partial charge < -0.3 is 4.74 Å². The van der Waals surface area contributed by atoms with E-state index in [-0.39, 0.29) is 24.4 Å². The van der Waals surface area contributed by atoms with Gasteiger partial charge in [-0.2, -0.15) is 26.3 Å². The summed E-state index contributed by atoms with van der Waals surface area (Å²) in [5.41, 5.74) is -2.14. The third kappa shape index (κ3) is 3.77. The molecule has 1 fully saturated rings. The lowest BCUT2D eigenvalue weighted by Gasteiger charge is -2.45. The van der Waals surface area contributed by atoms with E-state index >= 15 is 0 Å². The molecule has 9 heteroatoms. The fourth-order valence-electron chi connectivity index (χ4n) is 5.53. The quantitative estimate of drug-likeness (QED) is 0.219. The summed E-state index contributed by atoms with van der Waals surface area (Å²) in [5.74, 6) is -2.46. The molecule has 186 valence electrons. The number of ketones is 1. The number of carbonyl (C=O) groups is 2. The number of esters is 1. The van der Waals surface area contributed by atoms with Crippen molar-refractivity contribution in [3.8, 4) is 5.75 Å². The summed E-state index contributed by atoms with van der Waals surface area (Å²) >= 11 is 0. The van der Waals surface area contributed by atoms with Crippen LogP contribution in [0.5, 0.6) is 5.75 Å². The molecule has 1 saturated carbocycles. The number of Topliss-reactive ketones (excluding diaryl/α,β-unsaturated/α-hetero) is 1. The molecule has 0 radical (unpaired) electrons. The molecule has 0 unspecified atom stereocenters. The van der Waals surface area contributed by atoms with Crippen molar-refractivity contribution in [1.82, 2.24) is 0 Å². The van der Waals surface area contributed by atoms with Gasteiger partial charge in [0.2, 0.25) is 0 Å². The molecular formula is C27H18F6O3. The predicted molar refractivity (Wildman–Crippen MR) is 116 cm³/mol. The number of benzene rings is 3. The summed E-state index contributed by atoms with van der Waals surface area (Å²) in [6, 6.07) is 15.1. The van der Waals surface area contributed by atoms with Crippen molar-refractivity contribution >= 4 is 11.8 Å². The van der Waals surface area contributed by atoms with Gasteiger partial charge in [-0.05, 0) is 41.5 Å². The van der Waals surface area contributed by atoms with Gasteiger partial charge in [-0.1, -0.05) is 42.5 Å². The molecular weight excluding hydrogens is 486 g/mol. The molecule has 3 aromatic rings. The van der Waals surface area contributed by atoms with Crippen LogP contribution in [0.15, 0.2) is 72.8 Å². The minimum atomic E-state index is -4.57. The summed E-state index contributed by atoms with van der Waals surface area (Å²) in [6.45, 7) is 0. The van der Waals surface area contributed by atoms with Crippen LogP contribution in [0.4, 0.5) is 26.3 Å². The van der Waals surface area contributed by atoms with Gasteiger partial charge >= 0.3 is 18.3 Å². The topological polar surface area (TPSA) is 43.4 Å². The zero-order valence-corrected chi connectivity index (χ0v) is 18.5. The molecule has 1 spiro atoms. The van der Waals surface area contributed by atoms with Gasteiger partial charge in [0.25, 0.3) is 0 Å². The highest BCUT2D eigenvalue weighted by Crippen LogP contribution is 2.60.